The predicted octanol–water partition coefficient (Wildman–Crippen LogP) is 5.53. The number of thiophene rings is 1. The second-order valence-corrected chi connectivity index (χ2v) is 13.1. The van der Waals surface area contributed by atoms with Crippen molar-refractivity contribution in [3.8, 4) is 27.6 Å². The maximum Gasteiger partial charge on any atom is 0.524 e. The van der Waals surface area contributed by atoms with Gasteiger partial charge in [0.05, 0.1) is 5.39 Å². The van der Waals surface area contributed by atoms with E-state index in [4.69, 9.17) is 9.79 Å². The van der Waals surface area contributed by atoms with E-state index in [1.54, 1.807) is 11.6 Å². The molecule has 8 nitrogen and oxygen atoms in total. The number of phosphoric acid groups is 1. The third kappa shape index (κ3) is 5.54. The molecule has 0 aliphatic carbocycles. The molecule has 0 saturated heterocycles. The lowest BCUT2D eigenvalue weighted by Gasteiger charge is -2.18. The average Bonchev–Trinajstić information content (AvgIpc) is 3.40. The number of phosphoric ester groups is 1. The number of hydrogen-bond donors (Lipinski definition) is 2. The third-order valence-corrected chi connectivity index (χ3v) is 9.35. The first kappa shape index (κ1) is 26.0. The smallest absolute Gasteiger partial charge is 0.524 e. The summed E-state index contributed by atoms with van der Waals surface area (Å²) >= 11 is 1.22. The summed E-state index contributed by atoms with van der Waals surface area (Å²) in [4.78, 5) is 29.3. The molecule has 186 valence electrons. The maximum atomic E-state index is 16.1. The van der Waals surface area contributed by atoms with Crippen LogP contribution in [0.4, 0.5) is 10.1 Å². The summed E-state index contributed by atoms with van der Waals surface area (Å²) in [5.74, 6) is 0.0230. The fraction of sp³-hybridized carbons (Fsp3) is 0.273. The van der Waals surface area contributed by atoms with Gasteiger partial charge in [0.1, 0.15) is 32.7 Å². The van der Waals surface area contributed by atoms with Crippen molar-refractivity contribution in [3.05, 3.63) is 41.7 Å². The van der Waals surface area contributed by atoms with Gasteiger partial charge >= 0.3 is 7.82 Å². The predicted molar refractivity (Wildman–Crippen MR) is 139 cm³/mol. The molecule has 4 rings (SSSR count). The van der Waals surface area contributed by atoms with Gasteiger partial charge in [-0.1, -0.05) is 37.3 Å². The van der Waals surface area contributed by atoms with E-state index < -0.39 is 24.8 Å². The van der Waals surface area contributed by atoms with Crippen molar-refractivity contribution in [3.63, 3.8) is 0 Å². The summed E-state index contributed by atoms with van der Waals surface area (Å²) in [5, 5.41) is 2.67. The van der Waals surface area contributed by atoms with E-state index in [1.165, 1.54) is 46.9 Å². The first-order chi connectivity index (χ1) is 16.5. The highest BCUT2D eigenvalue weighted by Crippen LogP contribution is 2.48. The van der Waals surface area contributed by atoms with E-state index in [0.717, 1.165) is 0 Å². The molecule has 0 fully saturated rings. The summed E-state index contributed by atoms with van der Waals surface area (Å²) < 4.78 is 45.8. The lowest BCUT2D eigenvalue weighted by molar-refractivity contribution is 0.283. The number of nitrogens with zero attached hydrogens (tertiary/aromatic N) is 3. The minimum absolute atomic E-state index is 0.0511. The zero-order chi connectivity index (χ0) is 25.5. The number of thiazole rings is 1. The van der Waals surface area contributed by atoms with Crippen molar-refractivity contribution in [1.82, 2.24) is 9.97 Å². The Balaban J connectivity index is 2.00. The minimum Gasteiger partial charge on any atom is -0.611 e. The Kier molecular flexibility index (Phi) is 7.54. The quantitative estimate of drug-likeness (QED) is 0.215. The number of halogens is 1. The Labute approximate surface area is 212 Å². The molecule has 1 atom stereocenters. The fourth-order valence-electron chi connectivity index (χ4n) is 3.59. The lowest BCUT2D eigenvalue weighted by atomic mass is 10.0. The number of fused-ring (bicyclic) bond motifs is 1. The van der Waals surface area contributed by atoms with Crippen LogP contribution in [0.1, 0.15) is 13.8 Å². The number of pyridine rings is 1. The molecule has 0 amide bonds. The van der Waals surface area contributed by atoms with E-state index in [1.807, 2.05) is 32.8 Å². The standard InChI is InChI=1S/C22H23FN3O5PS3/c1-12(2)11-35(30)22-19(26(3)4)16-15(13-5-7-14(8-6-13)31-32(27,28)29)17(23)18(25-20(16)34-22)21-24-9-10-33-21/h5-10,12H,11H2,1-4H3,(H2,27,28,29). The summed E-state index contributed by atoms with van der Waals surface area (Å²) in [7, 11) is -1.11. The van der Waals surface area contributed by atoms with Crippen LogP contribution in [-0.2, 0) is 15.7 Å². The van der Waals surface area contributed by atoms with Crippen LogP contribution in [0.5, 0.6) is 5.75 Å². The molecule has 0 spiro atoms. The van der Waals surface area contributed by atoms with Crippen LogP contribution in [0.2, 0.25) is 0 Å². The monoisotopic (exact) mass is 555 g/mol. The van der Waals surface area contributed by atoms with Gasteiger partial charge in [-0.2, -0.15) is 0 Å². The second-order valence-electron chi connectivity index (χ2n) is 8.31. The molecule has 0 bridgehead atoms. The van der Waals surface area contributed by atoms with Crippen molar-refractivity contribution in [2.24, 2.45) is 5.92 Å². The van der Waals surface area contributed by atoms with Gasteiger partial charge in [-0.15, -0.1) is 11.3 Å². The van der Waals surface area contributed by atoms with Gasteiger partial charge in [0, 0.05) is 31.2 Å². The van der Waals surface area contributed by atoms with Gasteiger partial charge in [-0.3, -0.25) is 9.79 Å². The van der Waals surface area contributed by atoms with Gasteiger partial charge in [0.15, 0.2) is 5.82 Å². The number of rotatable bonds is 8. The molecule has 0 saturated carbocycles. The Morgan fingerprint density at radius 1 is 1.26 bits per heavy atom. The highest BCUT2D eigenvalue weighted by molar-refractivity contribution is 7.93. The van der Waals surface area contributed by atoms with Gasteiger partial charge < -0.3 is 14.0 Å². The largest absolute Gasteiger partial charge is 0.611 e. The second kappa shape index (κ2) is 10.1. The summed E-state index contributed by atoms with van der Waals surface area (Å²) in [6.45, 7) is 3.98. The van der Waals surface area contributed by atoms with Crippen LogP contribution >= 0.6 is 30.5 Å². The van der Waals surface area contributed by atoms with Gasteiger partial charge in [-0.05, 0) is 34.8 Å². The molecule has 4 aromatic rings. The average molecular weight is 556 g/mol. The Hall–Kier alpha value is -2.05. The molecule has 2 N–H and O–H groups in total. The van der Waals surface area contributed by atoms with E-state index in [-0.39, 0.29) is 22.9 Å². The summed E-state index contributed by atoms with van der Waals surface area (Å²) in [6.07, 6.45) is 1.57. The van der Waals surface area contributed by atoms with Crippen LogP contribution in [0.25, 0.3) is 32.0 Å². The van der Waals surface area contributed by atoms with Crippen LogP contribution in [0.15, 0.2) is 40.1 Å². The zero-order valence-electron chi connectivity index (χ0n) is 19.3. The first-order valence-electron chi connectivity index (χ1n) is 10.4. The Morgan fingerprint density at radius 3 is 2.49 bits per heavy atom. The highest BCUT2D eigenvalue weighted by Gasteiger charge is 2.31. The molecule has 13 heteroatoms. The van der Waals surface area contributed by atoms with Gasteiger partial charge in [0.2, 0.25) is 4.21 Å². The molecular formula is C22H23FN3O5PS3. The van der Waals surface area contributed by atoms with Crippen LogP contribution in [-0.4, -0.2) is 44.2 Å². The number of hydrogen-bond acceptors (Lipinski definition) is 8. The molecular weight excluding hydrogens is 532 g/mol. The third-order valence-electron chi connectivity index (χ3n) is 4.87. The molecule has 3 aromatic heterocycles. The van der Waals surface area contributed by atoms with Crippen molar-refractivity contribution in [1.29, 1.82) is 0 Å². The molecule has 35 heavy (non-hydrogen) atoms. The Bertz CT molecular complexity index is 1390. The highest BCUT2D eigenvalue weighted by atomic mass is 32.2. The van der Waals surface area contributed by atoms with Crippen LogP contribution < -0.4 is 9.42 Å². The number of benzene rings is 1. The fourth-order valence-corrected chi connectivity index (χ4v) is 7.67. The SMILES string of the molecule is CC(C)C[S+]([O-])c1sc2nc(-c3nccs3)c(F)c(-c3ccc(OP(=O)(O)O)cc3)c2c1N(C)C. The van der Waals surface area contributed by atoms with Crippen molar-refractivity contribution in [2.45, 2.75) is 18.1 Å². The van der Waals surface area contributed by atoms with Crippen LogP contribution in [0.3, 0.4) is 0 Å². The number of aromatic nitrogens is 2. The molecule has 0 radical (unpaired) electrons. The van der Waals surface area contributed by atoms with E-state index in [2.05, 4.69) is 14.5 Å². The Morgan fingerprint density at radius 2 is 1.94 bits per heavy atom. The molecule has 0 aliphatic rings. The van der Waals surface area contributed by atoms with Crippen molar-refractivity contribution in [2.75, 3.05) is 24.7 Å². The van der Waals surface area contributed by atoms with Gasteiger partial charge in [0.25, 0.3) is 0 Å². The van der Waals surface area contributed by atoms with Crippen LogP contribution in [0, 0.1) is 11.7 Å². The van der Waals surface area contributed by atoms with E-state index in [0.29, 0.717) is 36.4 Å². The van der Waals surface area contributed by atoms with E-state index >= 15 is 4.39 Å². The minimum atomic E-state index is -4.73. The van der Waals surface area contributed by atoms with Gasteiger partial charge in [-0.25, -0.2) is 18.9 Å². The summed E-state index contributed by atoms with van der Waals surface area (Å²) in [6, 6.07) is 5.78. The molecule has 0 aliphatic heterocycles. The van der Waals surface area contributed by atoms with Crippen molar-refractivity contribution >= 4 is 57.6 Å². The lowest BCUT2D eigenvalue weighted by Crippen LogP contribution is -2.16. The molecule has 1 aromatic carbocycles. The van der Waals surface area contributed by atoms with E-state index in [9.17, 15) is 9.12 Å². The van der Waals surface area contributed by atoms with Crippen molar-refractivity contribution < 1.29 is 27.8 Å². The topological polar surface area (TPSA) is 119 Å². The molecule has 1 unspecified atom stereocenters. The first-order valence-corrected chi connectivity index (χ1v) is 15.0. The maximum absolute atomic E-state index is 16.1. The summed E-state index contributed by atoms with van der Waals surface area (Å²) in [5.41, 5.74) is 1.42. The normalized spacial score (nSPS) is 12.9. The number of anilines is 1. The zero-order valence-corrected chi connectivity index (χ0v) is 22.6. The molecule has 3 heterocycles.